The fourth-order valence-electron chi connectivity index (χ4n) is 3.98. The van der Waals surface area contributed by atoms with Gasteiger partial charge in [0, 0.05) is 11.8 Å². The molecule has 0 aromatic rings. The summed E-state index contributed by atoms with van der Waals surface area (Å²) in [6.45, 7) is 2.08. The van der Waals surface area contributed by atoms with Crippen LogP contribution in [0.25, 0.3) is 0 Å². The van der Waals surface area contributed by atoms with E-state index in [0.29, 0.717) is 17.8 Å². The number of hydrogen-bond acceptors (Lipinski definition) is 6. The molecule has 5 atom stereocenters. The van der Waals surface area contributed by atoms with Crippen LogP contribution in [-0.2, 0) is 28.6 Å². The van der Waals surface area contributed by atoms with Crippen LogP contribution in [0.1, 0.15) is 6.92 Å². The maximum atomic E-state index is 12.1. The van der Waals surface area contributed by atoms with Crippen LogP contribution < -0.4 is 0 Å². The van der Waals surface area contributed by atoms with Crippen LogP contribution in [0.5, 0.6) is 0 Å². The van der Waals surface area contributed by atoms with Crippen LogP contribution in [0.15, 0.2) is 23.3 Å². The van der Waals surface area contributed by atoms with Gasteiger partial charge in [0.25, 0.3) is 0 Å². The van der Waals surface area contributed by atoms with Gasteiger partial charge in [-0.2, -0.15) is 0 Å². The number of ether oxygens (including phenoxy) is 3. The Hall–Kier alpha value is -2.11. The van der Waals surface area contributed by atoms with Crippen LogP contribution in [0.3, 0.4) is 0 Å². The molecular weight excluding hydrogens is 288 g/mol. The molecule has 4 aliphatic carbocycles. The maximum Gasteiger partial charge on any atom is 0.334 e. The molecule has 4 aliphatic rings. The third-order valence-electron chi connectivity index (χ3n) is 4.81. The summed E-state index contributed by atoms with van der Waals surface area (Å²) in [4.78, 5) is 36.3. The van der Waals surface area contributed by atoms with E-state index in [-0.39, 0.29) is 35.6 Å². The smallest absolute Gasteiger partial charge is 0.334 e. The summed E-state index contributed by atoms with van der Waals surface area (Å²) in [5, 5.41) is 0. The average Bonchev–Trinajstić information content (AvgIpc) is 3.30. The summed E-state index contributed by atoms with van der Waals surface area (Å²) >= 11 is 0. The lowest BCUT2D eigenvalue weighted by Gasteiger charge is -2.32. The lowest BCUT2D eigenvalue weighted by Crippen LogP contribution is -2.33. The number of carbonyl (C=O) groups is 3. The van der Waals surface area contributed by atoms with Crippen molar-refractivity contribution in [3.05, 3.63) is 23.3 Å². The molecule has 6 heteroatoms. The predicted molar refractivity (Wildman–Crippen MR) is 74.3 cm³/mol. The Bertz CT molecular complexity index is 560. The van der Waals surface area contributed by atoms with Gasteiger partial charge in [0.15, 0.2) is 0 Å². The monoisotopic (exact) mass is 306 g/mol. The minimum Gasteiger partial charge on any atom is -0.466 e. The summed E-state index contributed by atoms with van der Waals surface area (Å²) in [6, 6.07) is 0. The summed E-state index contributed by atoms with van der Waals surface area (Å²) in [7, 11) is 2.56. The van der Waals surface area contributed by atoms with Gasteiger partial charge in [-0.1, -0.05) is 12.2 Å². The zero-order chi connectivity index (χ0) is 16.0. The standard InChI is InChI=1S/C16H18O6/c1-4-22-16(19)13-9-7-5-6-8(10(9)13)12(15(18)21-3)11(7)14(17)20-2/h5-10,13H,4H2,1-3H3/t7-,8+,9+,10-,13?. The highest BCUT2D eigenvalue weighted by Crippen LogP contribution is 2.65. The molecule has 0 heterocycles. The Kier molecular flexibility index (Phi) is 3.54. The van der Waals surface area contributed by atoms with Gasteiger partial charge in [0.2, 0.25) is 0 Å². The largest absolute Gasteiger partial charge is 0.466 e. The Morgan fingerprint density at radius 2 is 1.41 bits per heavy atom. The lowest BCUT2D eigenvalue weighted by atomic mass is 9.71. The van der Waals surface area contributed by atoms with Crippen molar-refractivity contribution in [2.75, 3.05) is 20.8 Å². The molecule has 0 aliphatic heterocycles. The third kappa shape index (κ3) is 1.90. The number of rotatable bonds is 4. The molecule has 6 nitrogen and oxygen atoms in total. The average molecular weight is 306 g/mol. The van der Waals surface area contributed by atoms with Crippen LogP contribution in [0.2, 0.25) is 0 Å². The van der Waals surface area contributed by atoms with Crippen LogP contribution in [0.4, 0.5) is 0 Å². The summed E-state index contributed by atoms with van der Waals surface area (Å²) < 4.78 is 14.8. The highest BCUT2D eigenvalue weighted by Gasteiger charge is 2.68. The van der Waals surface area contributed by atoms with Gasteiger partial charge in [0.1, 0.15) is 0 Å². The molecule has 2 bridgehead atoms. The second-order valence-corrected chi connectivity index (χ2v) is 5.68. The third-order valence-corrected chi connectivity index (χ3v) is 4.81. The van der Waals surface area contributed by atoms with E-state index in [2.05, 4.69) is 0 Å². The van der Waals surface area contributed by atoms with Crippen molar-refractivity contribution in [3.8, 4) is 0 Å². The predicted octanol–water partition coefficient (Wildman–Crippen LogP) is 0.870. The van der Waals surface area contributed by atoms with Gasteiger partial charge in [0.05, 0.1) is 37.9 Å². The van der Waals surface area contributed by atoms with Gasteiger partial charge in [-0.3, -0.25) is 4.79 Å². The first-order chi connectivity index (χ1) is 10.6. The molecule has 0 radical (unpaired) electrons. The summed E-state index contributed by atoms with van der Waals surface area (Å²) in [5.41, 5.74) is 0.657. The van der Waals surface area contributed by atoms with E-state index < -0.39 is 11.9 Å². The molecule has 1 unspecified atom stereocenters. The Morgan fingerprint density at radius 1 is 0.955 bits per heavy atom. The number of allylic oxidation sites excluding steroid dienone is 2. The van der Waals surface area contributed by atoms with E-state index >= 15 is 0 Å². The summed E-state index contributed by atoms with van der Waals surface area (Å²) in [6.07, 6.45) is 3.79. The van der Waals surface area contributed by atoms with E-state index in [1.165, 1.54) is 14.2 Å². The quantitative estimate of drug-likeness (QED) is 0.436. The molecule has 1 fully saturated rings. The first kappa shape index (κ1) is 14.8. The maximum absolute atomic E-state index is 12.1. The van der Waals surface area contributed by atoms with Gasteiger partial charge in [-0.05, 0) is 18.8 Å². The van der Waals surface area contributed by atoms with Crippen LogP contribution in [-0.4, -0.2) is 38.7 Å². The van der Waals surface area contributed by atoms with Gasteiger partial charge >= 0.3 is 17.9 Å². The van der Waals surface area contributed by atoms with Crippen molar-refractivity contribution < 1.29 is 28.6 Å². The molecule has 0 aromatic carbocycles. The molecular formula is C16H18O6. The Balaban J connectivity index is 1.97. The zero-order valence-electron chi connectivity index (χ0n) is 12.7. The number of methoxy groups -OCH3 is 2. The fourth-order valence-corrected chi connectivity index (χ4v) is 3.98. The highest BCUT2D eigenvalue weighted by atomic mass is 16.5. The molecule has 0 saturated heterocycles. The van der Waals surface area contributed by atoms with Crippen molar-refractivity contribution in [2.24, 2.45) is 29.6 Å². The minimum atomic E-state index is -0.535. The van der Waals surface area contributed by atoms with Crippen LogP contribution in [0, 0.1) is 29.6 Å². The molecule has 0 N–H and O–H groups in total. The Morgan fingerprint density at radius 3 is 1.77 bits per heavy atom. The molecule has 118 valence electrons. The number of carbonyl (C=O) groups excluding carboxylic acids is 3. The molecule has 0 amide bonds. The first-order valence-electron chi connectivity index (χ1n) is 7.32. The normalized spacial score (nSPS) is 34.0. The zero-order valence-corrected chi connectivity index (χ0v) is 12.7. The second-order valence-electron chi connectivity index (χ2n) is 5.68. The second kappa shape index (κ2) is 5.26. The molecule has 4 rings (SSSR count). The lowest BCUT2D eigenvalue weighted by molar-refractivity contribution is -0.145. The van der Waals surface area contributed by atoms with E-state index in [1.54, 1.807) is 6.92 Å². The highest BCUT2D eigenvalue weighted by molar-refractivity contribution is 6.03. The fraction of sp³-hybridized carbons (Fsp3) is 0.562. The van der Waals surface area contributed by atoms with E-state index in [1.807, 2.05) is 12.2 Å². The number of esters is 3. The minimum absolute atomic E-state index is 0.0107. The molecule has 0 spiro atoms. The van der Waals surface area contributed by atoms with E-state index in [9.17, 15) is 14.4 Å². The van der Waals surface area contributed by atoms with Crippen LogP contribution >= 0.6 is 0 Å². The summed E-state index contributed by atoms with van der Waals surface area (Å²) in [5.74, 6) is -2.15. The molecule has 22 heavy (non-hydrogen) atoms. The SMILES string of the molecule is CCOC(=O)C1[C@@H]2[C@H]1[C@@H]1C=C[C@H]2C(C(=O)OC)=C1C(=O)OC. The van der Waals surface area contributed by atoms with Gasteiger partial charge < -0.3 is 14.2 Å². The van der Waals surface area contributed by atoms with Gasteiger partial charge in [-0.25, -0.2) is 9.59 Å². The van der Waals surface area contributed by atoms with Crippen molar-refractivity contribution in [1.29, 1.82) is 0 Å². The molecule has 1 saturated carbocycles. The van der Waals surface area contributed by atoms with Crippen molar-refractivity contribution in [1.82, 2.24) is 0 Å². The first-order valence-corrected chi connectivity index (χ1v) is 7.32. The number of hydrogen-bond donors (Lipinski definition) is 0. The van der Waals surface area contributed by atoms with E-state index in [0.717, 1.165) is 0 Å². The van der Waals surface area contributed by atoms with Gasteiger partial charge in [-0.15, -0.1) is 0 Å². The Labute approximate surface area is 128 Å². The van der Waals surface area contributed by atoms with Crippen molar-refractivity contribution >= 4 is 17.9 Å². The topological polar surface area (TPSA) is 78.9 Å². The molecule has 0 aromatic heterocycles. The van der Waals surface area contributed by atoms with Crippen molar-refractivity contribution in [2.45, 2.75) is 6.92 Å². The van der Waals surface area contributed by atoms with E-state index in [4.69, 9.17) is 14.2 Å². The van der Waals surface area contributed by atoms with Crippen molar-refractivity contribution in [3.63, 3.8) is 0 Å².